The second-order valence-electron chi connectivity index (χ2n) is 4.65. The van der Waals surface area contributed by atoms with Gasteiger partial charge in [-0.15, -0.1) is 0 Å². The third-order valence-corrected chi connectivity index (χ3v) is 2.96. The van der Waals surface area contributed by atoms with Crippen LogP contribution in [-0.4, -0.2) is 24.9 Å². The van der Waals surface area contributed by atoms with Gasteiger partial charge < -0.3 is 20.4 Å². The number of carbonyl (C=O) groups excluding carboxylic acids is 2. The molecule has 0 saturated carbocycles. The Kier molecular flexibility index (Phi) is 5.59. The van der Waals surface area contributed by atoms with Crippen LogP contribution in [0.4, 0.5) is 5.69 Å². The van der Waals surface area contributed by atoms with Gasteiger partial charge in [0.2, 0.25) is 5.91 Å². The van der Waals surface area contributed by atoms with Crippen molar-refractivity contribution in [2.75, 3.05) is 18.4 Å². The van der Waals surface area contributed by atoms with E-state index in [4.69, 9.17) is 4.42 Å². The van der Waals surface area contributed by atoms with Crippen LogP contribution in [0.1, 0.15) is 23.0 Å². The lowest BCUT2D eigenvalue weighted by molar-refractivity contribution is -0.119. The van der Waals surface area contributed by atoms with Gasteiger partial charge in [0.15, 0.2) is 0 Å². The number of amides is 2. The molecule has 6 nitrogen and oxygen atoms in total. The molecule has 2 aromatic rings. The molecular formula is C16H19N3O3. The Morgan fingerprint density at radius 3 is 2.73 bits per heavy atom. The van der Waals surface area contributed by atoms with Crippen LogP contribution in [0.3, 0.4) is 0 Å². The number of hydrogen-bond donors (Lipinski definition) is 3. The normalized spacial score (nSPS) is 10.0. The summed E-state index contributed by atoms with van der Waals surface area (Å²) in [7, 11) is 0. The van der Waals surface area contributed by atoms with Gasteiger partial charge in [0.05, 0.1) is 19.4 Å². The van der Waals surface area contributed by atoms with Crippen molar-refractivity contribution in [3.05, 3.63) is 54.0 Å². The maximum atomic E-state index is 12.1. The lowest BCUT2D eigenvalue weighted by Gasteiger charge is -2.08. The first-order valence-electron chi connectivity index (χ1n) is 7.10. The molecule has 0 unspecified atom stereocenters. The summed E-state index contributed by atoms with van der Waals surface area (Å²) in [6.07, 6.45) is 1.56. The lowest BCUT2D eigenvalue weighted by atomic mass is 10.2. The van der Waals surface area contributed by atoms with E-state index in [2.05, 4.69) is 16.0 Å². The predicted octanol–water partition coefficient (Wildman–Crippen LogP) is 1.76. The molecule has 2 rings (SSSR count). The highest BCUT2D eigenvalue weighted by atomic mass is 16.3. The number of furan rings is 1. The molecule has 0 saturated heterocycles. The van der Waals surface area contributed by atoms with Crippen molar-refractivity contribution in [3.8, 4) is 0 Å². The molecule has 116 valence electrons. The summed E-state index contributed by atoms with van der Waals surface area (Å²) in [4.78, 5) is 23.5. The maximum absolute atomic E-state index is 12.1. The van der Waals surface area contributed by atoms with E-state index in [0.717, 1.165) is 5.69 Å². The second kappa shape index (κ2) is 7.87. The van der Waals surface area contributed by atoms with Gasteiger partial charge in [0, 0.05) is 17.8 Å². The minimum absolute atomic E-state index is 0.0878. The molecule has 0 aliphatic heterocycles. The molecule has 0 bridgehead atoms. The fourth-order valence-electron chi connectivity index (χ4n) is 1.90. The van der Waals surface area contributed by atoms with Gasteiger partial charge in [-0.25, -0.2) is 0 Å². The van der Waals surface area contributed by atoms with Gasteiger partial charge in [-0.2, -0.15) is 0 Å². The zero-order valence-corrected chi connectivity index (χ0v) is 12.4. The Balaban J connectivity index is 1.89. The van der Waals surface area contributed by atoms with Crippen molar-refractivity contribution >= 4 is 17.5 Å². The summed E-state index contributed by atoms with van der Waals surface area (Å²) in [6.45, 7) is 2.96. The first-order valence-corrected chi connectivity index (χ1v) is 7.10. The summed E-state index contributed by atoms with van der Waals surface area (Å²) in [5.74, 6) is 0.409. The number of carbonyl (C=O) groups is 2. The molecule has 0 fully saturated rings. The number of rotatable bonds is 7. The summed E-state index contributed by atoms with van der Waals surface area (Å²) < 4.78 is 5.16. The van der Waals surface area contributed by atoms with E-state index in [-0.39, 0.29) is 18.4 Å². The third-order valence-electron chi connectivity index (χ3n) is 2.96. The van der Waals surface area contributed by atoms with Crippen LogP contribution in [0.25, 0.3) is 0 Å². The van der Waals surface area contributed by atoms with E-state index in [1.165, 1.54) is 0 Å². The smallest absolute Gasteiger partial charge is 0.251 e. The summed E-state index contributed by atoms with van der Waals surface area (Å²) in [5.41, 5.74) is 1.24. The number of benzene rings is 1. The van der Waals surface area contributed by atoms with Crippen molar-refractivity contribution < 1.29 is 14.0 Å². The molecule has 1 aromatic carbocycles. The van der Waals surface area contributed by atoms with Crippen molar-refractivity contribution in [2.45, 2.75) is 13.5 Å². The van der Waals surface area contributed by atoms with Gasteiger partial charge in [-0.3, -0.25) is 9.59 Å². The van der Waals surface area contributed by atoms with Crippen molar-refractivity contribution in [1.82, 2.24) is 10.6 Å². The molecule has 0 spiro atoms. The molecule has 3 N–H and O–H groups in total. The quantitative estimate of drug-likeness (QED) is 0.727. The highest BCUT2D eigenvalue weighted by Gasteiger charge is 2.07. The van der Waals surface area contributed by atoms with Crippen LogP contribution in [0.2, 0.25) is 0 Å². The van der Waals surface area contributed by atoms with Crippen LogP contribution in [0.5, 0.6) is 0 Å². The van der Waals surface area contributed by atoms with E-state index < -0.39 is 0 Å². The Morgan fingerprint density at radius 2 is 2.00 bits per heavy atom. The monoisotopic (exact) mass is 301 g/mol. The van der Waals surface area contributed by atoms with Crippen molar-refractivity contribution in [3.63, 3.8) is 0 Å². The summed E-state index contributed by atoms with van der Waals surface area (Å²) in [6, 6.07) is 10.6. The molecule has 0 atom stereocenters. The van der Waals surface area contributed by atoms with E-state index in [0.29, 0.717) is 24.4 Å². The molecular weight excluding hydrogens is 282 g/mol. The lowest BCUT2D eigenvalue weighted by Crippen LogP contribution is -2.29. The summed E-state index contributed by atoms with van der Waals surface area (Å²) >= 11 is 0. The van der Waals surface area contributed by atoms with Gasteiger partial charge >= 0.3 is 0 Å². The van der Waals surface area contributed by atoms with E-state index >= 15 is 0 Å². The van der Waals surface area contributed by atoms with Crippen LogP contribution in [0.15, 0.2) is 47.1 Å². The molecule has 1 aromatic heterocycles. The Morgan fingerprint density at radius 1 is 1.14 bits per heavy atom. The molecule has 1 heterocycles. The van der Waals surface area contributed by atoms with E-state index in [9.17, 15) is 9.59 Å². The van der Waals surface area contributed by atoms with Gasteiger partial charge in [0.1, 0.15) is 5.76 Å². The SMILES string of the molecule is CCNC(=O)CNc1cccc(C(=O)NCc2ccco2)c1. The Hall–Kier alpha value is -2.76. The Labute approximate surface area is 128 Å². The predicted molar refractivity (Wildman–Crippen MR) is 83.5 cm³/mol. The number of nitrogens with one attached hydrogen (secondary N) is 3. The molecule has 0 aliphatic rings. The molecule has 0 aliphatic carbocycles. The minimum atomic E-state index is -0.196. The molecule has 0 radical (unpaired) electrons. The third kappa shape index (κ3) is 4.66. The molecule has 2 amide bonds. The topological polar surface area (TPSA) is 83.4 Å². The van der Waals surface area contributed by atoms with Crippen molar-refractivity contribution in [2.24, 2.45) is 0 Å². The fraction of sp³-hybridized carbons (Fsp3) is 0.250. The first kappa shape index (κ1) is 15.6. The van der Waals surface area contributed by atoms with Crippen LogP contribution < -0.4 is 16.0 Å². The average molecular weight is 301 g/mol. The highest BCUT2D eigenvalue weighted by molar-refractivity contribution is 5.95. The van der Waals surface area contributed by atoms with Gasteiger partial charge in [-0.1, -0.05) is 6.07 Å². The zero-order chi connectivity index (χ0) is 15.8. The van der Waals surface area contributed by atoms with Gasteiger partial charge in [-0.05, 0) is 37.3 Å². The molecule has 22 heavy (non-hydrogen) atoms. The number of hydrogen-bond acceptors (Lipinski definition) is 4. The summed E-state index contributed by atoms with van der Waals surface area (Å²) in [5, 5.41) is 8.46. The van der Waals surface area contributed by atoms with Crippen LogP contribution in [0, 0.1) is 0 Å². The van der Waals surface area contributed by atoms with Crippen molar-refractivity contribution in [1.29, 1.82) is 0 Å². The van der Waals surface area contributed by atoms with Gasteiger partial charge in [0.25, 0.3) is 5.91 Å². The van der Waals surface area contributed by atoms with E-state index in [1.807, 2.05) is 13.0 Å². The number of likely N-dealkylation sites (N-methyl/N-ethyl adjacent to an activating group) is 1. The standard InChI is InChI=1S/C16H19N3O3/c1-2-17-15(20)11-18-13-6-3-5-12(9-13)16(21)19-10-14-7-4-8-22-14/h3-9,18H,2,10-11H2,1H3,(H,17,20)(H,19,21). The maximum Gasteiger partial charge on any atom is 0.251 e. The average Bonchev–Trinajstić information content (AvgIpc) is 3.04. The first-order chi connectivity index (χ1) is 10.7. The van der Waals surface area contributed by atoms with E-state index in [1.54, 1.807) is 36.6 Å². The van der Waals surface area contributed by atoms with Crippen LogP contribution in [-0.2, 0) is 11.3 Å². The highest BCUT2D eigenvalue weighted by Crippen LogP contribution is 2.10. The number of anilines is 1. The van der Waals surface area contributed by atoms with Crippen LogP contribution >= 0.6 is 0 Å². The fourth-order valence-corrected chi connectivity index (χ4v) is 1.90. The minimum Gasteiger partial charge on any atom is -0.467 e. The molecule has 6 heteroatoms. The second-order valence-corrected chi connectivity index (χ2v) is 4.65. The largest absolute Gasteiger partial charge is 0.467 e. The zero-order valence-electron chi connectivity index (χ0n) is 12.4. The Bertz CT molecular complexity index is 623.